The SMILES string of the molecule is CCN(CC)C(=O)C1=C(C)N=C2SC=C(CC(=O)N3CCN(C(C)=O)CC3)N2C1c1cccc(OC)c1. The molecular formula is C27H35N5O4S. The van der Waals surface area contributed by atoms with Gasteiger partial charge in [-0.25, -0.2) is 4.99 Å². The minimum Gasteiger partial charge on any atom is -0.497 e. The van der Waals surface area contributed by atoms with Crippen LogP contribution in [0.15, 0.2) is 51.6 Å². The zero-order valence-corrected chi connectivity index (χ0v) is 23.0. The number of thioether (sulfide) groups is 1. The van der Waals surface area contributed by atoms with Crippen LogP contribution in [-0.4, -0.2) is 88.9 Å². The number of allylic oxidation sites excluding steroid dienone is 1. The first-order valence-corrected chi connectivity index (χ1v) is 13.6. The zero-order chi connectivity index (χ0) is 26.7. The lowest BCUT2D eigenvalue weighted by Gasteiger charge is -2.39. The van der Waals surface area contributed by atoms with Gasteiger partial charge < -0.3 is 24.3 Å². The van der Waals surface area contributed by atoms with Crippen LogP contribution < -0.4 is 4.74 Å². The summed E-state index contributed by atoms with van der Waals surface area (Å²) in [6.07, 6.45) is 0.193. The molecule has 0 radical (unpaired) electrons. The first-order valence-electron chi connectivity index (χ1n) is 12.7. The summed E-state index contributed by atoms with van der Waals surface area (Å²) in [7, 11) is 1.62. The lowest BCUT2D eigenvalue weighted by atomic mass is 9.92. The van der Waals surface area contributed by atoms with Crippen molar-refractivity contribution in [2.24, 2.45) is 4.99 Å². The molecule has 0 bridgehead atoms. The summed E-state index contributed by atoms with van der Waals surface area (Å²) < 4.78 is 5.50. The molecule has 1 fully saturated rings. The lowest BCUT2D eigenvalue weighted by Crippen LogP contribution is -2.50. The average Bonchev–Trinajstić information content (AvgIpc) is 3.30. The van der Waals surface area contributed by atoms with Gasteiger partial charge in [-0.15, -0.1) is 0 Å². The summed E-state index contributed by atoms with van der Waals surface area (Å²) in [5.41, 5.74) is 3.01. The van der Waals surface area contributed by atoms with Crippen LogP contribution in [0.25, 0.3) is 0 Å². The maximum atomic E-state index is 13.8. The molecule has 0 spiro atoms. The molecular weight excluding hydrogens is 490 g/mol. The molecule has 1 aromatic carbocycles. The lowest BCUT2D eigenvalue weighted by molar-refractivity contribution is -0.138. The Hall–Kier alpha value is -3.27. The number of ether oxygens (including phenoxy) is 1. The van der Waals surface area contributed by atoms with Crippen LogP contribution in [0.2, 0.25) is 0 Å². The largest absolute Gasteiger partial charge is 0.497 e. The molecule has 3 aliphatic heterocycles. The van der Waals surface area contributed by atoms with Crippen molar-refractivity contribution in [1.82, 2.24) is 19.6 Å². The Morgan fingerprint density at radius 1 is 1.11 bits per heavy atom. The predicted octanol–water partition coefficient (Wildman–Crippen LogP) is 3.22. The van der Waals surface area contributed by atoms with Gasteiger partial charge in [0.2, 0.25) is 11.8 Å². The number of amides is 3. The third-order valence-corrected chi connectivity index (χ3v) is 7.99. The van der Waals surface area contributed by atoms with Crippen molar-refractivity contribution in [1.29, 1.82) is 0 Å². The van der Waals surface area contributed by atoms with Crippen LogP contribution in [0.5, 0.6) is 5.75 Å². The number of hydrogen-bond donors (Lipinski definition) is 0. The summed E-state index contributed by atoms with van der Waals surface area (Å²) in [5, 5.41) is 2.72. The van der Waals surface area contributed by atoms with Crippen molar-refractivity contribution in [3.63, 3.8) is 0 Å². The van der Waals surface area contributed by atoms with Gasteiger partial charge in [0.15, 0.2) is 5.17 Å². The van der Waals surface area contributed by atoms with Gasteiger partial charge in [0, 0.05) is 51.9 Å². The van der Waals surface area contributed by atoms with Crippen molar-refractivity contribution in [3.05, 3.63) is 52.2 Å². The second-order valence-electron chi connectivity index (χ2n) is 9.21. The van der Waals surface area contributed by atoms with E-state index in [4.69, 9.17) is 9.73 Å². The summed E-state index contributed by atoms with van der Waals surface area (Å²) in [5.74, 6) is 0.681. The van der Waals surface area contributed by atoms with Gasteiger partial charge in [-0.1, -0.05) is 23.9 Å². The van der Waals surface area contributed by atoms with E-state index in [0.29, 0.717) is 56.3 Å². The zero-order valence-electron chi connectivity index (χ0n) is 22.2. The molecule has 4 rings (SSSR count). The Balaban J connectivity index is 1.66. The molecule has 1 aromatic rings. The van der Waals surface area contributed by atoms with E-state index < -0.39 is 6.04 Å². The molecule has 1 atom stereocenters. The summed E-state index contributed by atoms with van der Waals surface area (Å²) >= 11 is 1.47. The molecule has 3 amide bonds. The van der Waals surface area contributed by atoms with E-state index in [-0.39, 0.29) is 24.1 Å². The highest BCUT2D eigenvalue weighted by Gasteiger charge is 2.42. The molecule has 37 heavy (non-hydrogen) atoms. The highest BCUT2D eigenvalue weighted by Crippen LogP contribution is 2.45. The van der Waals surface area contributed by atoms with Crippen LogP contribution in [0, 0.1) is 0 Å². The molecule has 9 nitrogen and oxygen atoms in total. The third kappa shape index (κ3) is 5.39. The molecule has 198 valence electrons. The third-order valence-electron chi connectivity index (χ3n) is 7.10. The highest BCUT2D eigenvalue weighted by molar-refractivity contribution is 8.16. The number of hydrogen-bond acceptors (Lipinski definition) is 7. The van der Waals surface area contributed by atoms with Gasteiger partial charge in [0.1, 0.15) is 5.75 Å². The number of likely N-dealkylation sites (N-methyl/N-ethyl adjacent to an activating group) is 1. The number of rotatable bonds is 7. The molecule has 10 heteroatoms. The topological polar surface area (TPSA) is 85.8 Å². The van der Waals surface area contributed by atoms with Crippen molar-refractivity contribution in [3.8, 4) is 5.75 Å². The van der Waals surface area contributed by atoms with Crippen LogP contribution in [0.4, 0.5) is 0 Å². The Bertz CT molecular complexity index is 1170. The van der Waals surface area contributed by atoms with E-state index in [2.05, 4.69) is 0 Å². The van der Waals surface area contributed by atoms with Gasteiger partial charge >= 0.3 is 0 Å². The van der Waals surface area contributed by atoms with E-state index in [1.807, 2.05) is 60.2 Å². The monoisotopic (exact) mass is 525 g/mol. The van der Waals surface area contributed by atoms with E-state index in [9.17, 15) is 14.4 Å². The number of nitrogens with zero attached hydrogens (tertiary/aromatic N) is 5. The molecule has 0 aliphatic carbocycles. The predicted molar refractivity (Wildman–Crippen MR) is 145 cm³/mol. The van der Waals surface area contributed by atoms with Crippen LogP contribution >= 0.6 is 11.8 Å². The first-order chi connectivity index (χ1) is 17.8. The number of carbonyl (C=O) groups excluding carboxylic acids is 3. The van der Waals surface area contributed by atoms with E-state index in [1.165, 1.54) is 11.8 Å². The highest BCUT2D eigenvalue weighted by atomic mass is 32.2. The molecule has 0 aromatic heterocycles. The van der Waals surface area contributed by atoms with Crippen LogP contribution in [0.3, 0.4) is 0 Å². The first kappa shape index (κ1) is 26.8. The Morgan fingerprint density at radius 3 is 2.41 bits per heavy atom. The second kappa shape index (κ2) is 11.4. The second-order valence-corrected chi connectivity index (χ2v) is 10.0. The van der Waals surface area contributed by atoms with E-state index >= 15 is 0 Å². The minimum atomic E-state index is -0.431. The minimum absolute atomic E-state index is 0.00332. The number of aliphatic imine (C=N–C) groups is 1. The number of fused-ring (bicyclic) bond motifs is 1. The van der Waals surface area contributed by atoms with Crippen molar-refractivity contribution < 1.29 is 19.1 Å². The Morgan fingerprint density at radius 2 is 1.78 bits per heavy atom. The number of benzene rings is 1. The Kier molecular flexibility index (Phi) is 8.26. The number of methoxy groups -OCH3 is 1. The smallest absolute Gasteiger partial charge is 0.254 e. The molecule has 0 saturated carbocycles. The van der Waals surface area contributed by atoms with Gasteiger partial charge in [-0.2, -0.15) is 0 Å². The molecule has 3 aliphatic rings. The van der Waals surface area contributed by atoms with Crippen LogP contribution in [-0.2, 0) is 14.4 Å². The van der Waals surface area contributed by atoms with Gasteiger partial charge in [-0.05, 0) is 43.9 Å². The van der Waals surface area contributed by atoms with Crippen molar-refractivity contribution in [2.75, 3.05) is 46.4 Å². The fourth-order valence-electron chi connectivity index (χ4n) is 4.99. The van der Waals surface area contributed by atoms with Gasteiger partial charge in [0.25, 0.3) is 5.91 Å². The number of carbonyl (C=O) groups is 3. The van der Waals surface area contributed by atoms with Crippen molar-refractivity contribution in [2.45, 2.75) is 40.2 Å². The van der Waals surface area contributed by atoms with Gasteiger partial charge in [-0.3, -0.25) is 14.4 Å². The number of amidine groups is 1. The number of piperazine rings is 1. The van der Waals surface area contributed by atoms with Gasteiger partial charge in [0.05, 0.1) is 30.8 Å². The van der Waals surface area contributed by atoms with E-state index in [1.54, 1.807) is 23.8 Å². The quantitative estimate of drug-likeness (QED) is 0.544. The normalized spacial score (nSPS) is 19.4. The Labute approximate surface area is 222 Å². The summed E-state index contributed by atoms with van der Waals surface area (Å²) in [6.45, 7) is 10.7. The van der Waals surface area contributed by atoms with E-state index in [0.717, 1.165) is 16.4 Å². The summed E-state index contributed by atoms with van der Waals surface area (Å²) in [4.78, 5) is 51.0. The van der Waals surface area contributed by atoms with Crippen LogP contribution in [0.1, 0.15) is 45.7 Å². The fraction of sp³-hybridized carbons (Fsp3) is 0.481. The maximum absolute atomic E-state index is 13.8. The fourth-order valence-corrected chi connectivity index (χ4v) is 5.95. The van der Waals surface area contributed by atoms with Crippen molar-refractivity contribution >= 4 is 34.7 Å². The molecule has 1 unspecified atom stereocenters. The molecule has 3 heterocycles. The average molecular weight is 526 g/mol. The maximum Gasteiger partial charge on any atom is 0.254 e. The molecule has 1 saturated heterocycles. The standard InChI is InChI=1S/C27H35N5O4S/c1-6-29(7-2)26(35)24-18(3)28-27-32(25(24)20-9-8-10-22(15-20)36-5)21(17-37-27)16-23(34)31-13-11-30(12-14-31)19(4)33/h8-10,15,17,25H,6-7,11-14,16H2,1-5H3. The molecule has 0 N–H and O–H groups in total. The summed E-state index contributed by atoms with van der Waals surface area (Å²) in [6, 6.07) is 7.30.